The summed E-state index contributed by atoms with van der Waals surface area (Å²) in [6.45, 7) is -0.298. The zero-order chi connectivity index (χ0) is 22.2. The van der Waals surface area contributed by atoms with E-state index in [1.54, 1.807) is 0 Å². The Hall–Kier alpha value is -3.35. The highest BCUT2D eigenvalue weighted by molar-refractivity contribution is 6.00. The molecule has 3 rings (SSSR count). The van der Waals surface area contributed by atoms with E-state index in [1.807, 2.05) is 0 Å². The Morgan fingerprint density at radius 1 is 1.27 bits per heavy atom. The van der Waals surface area contributed by atoms with Gasteiger partial charge in [-0.2, -0.15) is 17.6 Å². The van der Waals surface area contributed by atoms with Crippen LogP contribution in [0.3, 0.4) is 0 Å². The number of aliphatic hydroxyl groups excluding tert-OH is 1. The van der Waals surface area contributed by atoms with Gasteiger partial charge in [0.05, 0.1) is 6.33 Å². The summed E-state index contributed by atoms with van der Waals surface area (Å²) < 4.78 is 55.4. The van der Waals surface area contributed by atoms with Crippen molar-refractivity contribution in [3.8, 4) is 5.75 Å². The highest BCUT2D eigenvalue weighted by Crippen LogP contribution is 2.29. The number of aliphatic hydroxyl groups is 1. The minimum atomic E-state index is -4.63. The average Bonchev–Trinajstić information content (AvgIpc) is 3.09. The van der Waals surface area contributed by atoms with Crippen molar-refractivity contribution in [1.82, 2.24) is 14.5 Å². The Morgan fingerprint density at radius 3 is 2.50 bits per heavy atom. The van der Waals surface area contributed by atoms with E-state index in [2.05, 4.69) is 15.0 Å². The van der Waals surface area contributed by atoms with E-state index in [9.17, 15) is 32.3 Å². The van der Waals surface area contributed by atoms with Crippen molar-refractivity contribution in [2.24, 2.45) is 0 Å². The molecule has 0 saturated carbocycles. The van der Waals surface area contributed by atoms with Crippen LogP contribution in [0.4, 0.5) is 29.1 Å². The molecule has 0 aliphatic carbocycles. The number of hydrogen-bond donors (Lipinski definition) is 2. The summed E-state index contributed by atoms with van der Waals surface area (Å²) in [6.07, 6.45) is -8.54. The first-order valence-electron chi connectivity index (χ1n) is 8.49. The number of amides is 2. The molecule has 162 valence electrons. The topological polar surface area (TPSA) is 99.9 Å². The minimum Gasteiger partial charge on any atom is -0.428 e. The van der Waals surface area contributed by atoms with E-state index in [4.69, 9.17) is 0 Å². The monoisotopic (exact) mass is 431 g/mol. The Morgan fingerprint density at radius 2 is 1.90 bits per heavy atom. The number of aromatic nitrogens is 2. The molecule has 0 radical (unpaired) electrons. The number of carbonyl (C=O) groups excluding carboxylic acids is 2. The number of ether oxygens (including phenoxy) is 1. The molecule has 1 atom stereocenters. The van der Waals surface area contributed by atoms with Crippen LogP contribution in [0.25, 0.3) is 0 Å². The average molecular weight is 431 g/mol. The second kappa shape index (κ2) is 7.82. The van der Waals surface area contributed by atoms with Crippen molar-refractivity contribution in [3.05, 3.63) is 36.3 Å². The molecule has 2 amide bonds. The molecule has 1 unspecified atom stereocenters. The number of halogens is 4. The van der Waals surface area contributed by atoms with Gasteiger partial charge in [0.15, 0.2) is 11.5 Å². The number of imidazole rings is 1. The Labute approximate surface area is 167 Å². The summed E-state index contributed by atoms with van der Waals surface area (Å²) >= 11 is 0. The summed E-state index contributed by atoms with van der Waals surface area (Å²) in [5, 5.41) is 12.5. The van der Waals surface area contributed by atoms with Gasteiger partial charge in [0, 0.05) is 19.8 Å². The number of hydrogen-bond acceptors (Lipinski definition) is 6. The lowest BCUT2D eigenvalue weighted by Crippen LogP contribution is -2.52. The molecule has 13 heteroatoms. The SMILES string of the molecule is CN1C(=O)c2c(ncn2CC(=O)Nc2ccc(OC(F)(F)C(F)F)cc2)N(C)C1O. The van der Waals surface area contributed by atoms with Crippen LogP contribution in [-0.2, 0) is 11.3 Å². The van der Waals surface area contributed by atoms with Crippen LogP contribution in [0, 0.1) is 0 Å². The number of rotatable bonds is 6. The van der Waals surface area contributed by atoms with Gasteiger partial charge in [-0.25, -0.2) is 4.98 Å². The van der Waals surface area contributed by atoms with Gasteiger partial charge in [-0.05, 0) is 24.3 Å². The predicted octanol–water partition coefficient (Wildman–Crippen LogP) is 1.56. The van der Waals surface area contributed by atoms with Crippen molar-refractivity contribution < 1.29 is 37.0 Å². The number of nitrogens with zero attached hydrogens (tertiary/aromatic N) is 4. The third kappa shape index (κ3) is 4.01. The Bertz CT molecular complexity index is 950. The molecule has 0 spiro atoms. The smallest absolute Gasteiger partial charge is 0.428 e. The third-order valence-corrected chi connectivity index (χ3v) is 4.33. The number of carbonyl (C=O) groups is 2. The molecule has 2 N–H and O–H groups in total. The maximum Gasteiger partial charge on any atom is 0.461 e. The van der Waals surface area contributed by atoms with Crippen LogP contribution in [0.5, 0.6) is 5.75 Å². The highest BCUT2D eigenvalue weighted by Gasteiger charge is 2.44. The standard InChI is InChI=1S/C17H17F4N5O4/c1-24-13-12(14(28)25(2)16(24)29)26(8-22-13)7-11(27)23-9-3-5-10(6-4-9)30-17(20,21)15(18)19/h3-6,8,15-16,29H,7H2,1-2H3,(H,23,27). The number of fused-ring (bicyclic) bond motifs is 1. The first-order chi connectivity index (χ1) is 14.0. The van der Waals surface area contributed by atoms with Crippen molar-refractivity contribution in [2.75, 3.05) is 24.3 Å². The van der Waals surface area contributed by atoms with Gasteiger partial charge in [0.25, 0.3) is 5.91 Å². The lowest BCUT2D eigenvalue weighted by Gasteiger charge is -2.36. The molecule has 1 aromatic carbocycles. The summed E-state index contributed by atoms with van der Waals surface area (Å²) in [4.78, 5) is 31.2. The maximum absolute atomic E-state index is 12.9. The maximum atomic E-state index is 12.9. The third-order valence-electron chi connectivity index (χ3n) is 4.33. The fourth-order valence-corrected chi connectivity index (χ4v) is 2.77. The van der Waals surface area contributed by atoms with Gasteiger partial charge < -0.3 is 24.6 Å². The number of anilines is 2. The van der Waals surface area contributed by atoms with Gasteiger partial charge in [0.2, 0.25) is 12.3 Å². The zero-order valence-corrected chi connectivity index (χ0v) is 15.7. The molecule has 2 heterocycles. The van der Waals surface area contributed by atoms with Crippen LogP contribution in [0.15, 0.2) is 30.6 Å². The minimum absolute atomic E-state index is 0.110. The van der Waals surface area contributed by atoms with Gasteiger partial charge in [-0.1, -0.05) is 0 Å². The van der Waals surface area contributed by atoms with Crippen LogP contribution in [0.1, 0.15) is 10.5 Å². The molecular weight excluding hydrogens is 414 g/mol. The second-order valence-electron chi connectivity index (χ2n) is 6.46. The van der Waals surface area contributed by atoms with Crippen molar-refractivity contribution >= 4 is 23.3 Å². The normalized spacial score (nSPS) is 16.7. The summed E-state index contributed by atoms with van der Waals surface area (Å²) in [7, 11) is 2.93. The van der Waals surface area contributed by atoms with Crippen molar-refractivity contribution in [1.29, 1.82) is 0 Å². The van der Waals surface area contributed by atoms with Crippen molar-refractivity contribution in [2.45, 2.75) is 25.4 Å². The van der Waals surface area contributed by atoms with E-state index < -0.39 is 36.4 Å². The van der Waals surface area contributed by atoms with E-state index in [0.717, 1.165) is 17.0 Å². The molecule has 0 bridgehead atoms. The molecule has 9 nitrogen and oxygen atoms in total. The van der Waals surface area contributed by atoms with Crippen LogP contribution in [0.2, 0.25) is 0 Å². The lowest BCUT2D eigenvalue weighted by molar-refractivity contribution is -0.253. The number of alkyl halides is 4. The Kier molecular flexibility index (Phi) is 5.57. The van der Waals surface area contributed by atoms with Crippen LogP contribution < -0.4 is 15.0 Å². The van der Waals surface area contributed by atoms with Crippen LogP contribution >= 0.6 is 0 Å². The Balaban J connectivity index is 1.68. The number of benzene rings is 1. The highest BCUT2D eigenvalue weighted by atomic mass is 19.3. The second-order valence-corrected chi connectivity index (χ2v) is 6.46. The lowest BCUT2D eigenvalue weighted by atomic mass is 10.2. The molecule has 1 aliphatic heterocycles. The molecule has 0 fully saturated rings. The molecule has 30 heavy (non-hydrogen) atoms. The first-order valence-corrected chi connectivity index (χ1v) is 8.49. The number of nitrogens with one attached hydrogen (secondary N) is 1. The fourth-order valence-electron chi connectivity index (χ4n) is 2.77. The summed E-state index contributed by atoms with van der Waals surface area (Å²) in [6, 6.07) is 4.39. The molecule has 1 aliphatic rings. The summed E-state index contributed by atoms with van der Waals surface area (Å²) in [5.41, 5.74) is 0.302. The predicted molar refractivity (Wildman–Crippen MR) is 95.4 cm³/mol. The largest absolute Gasteiger partial charge is 0.461 e. The first kappa shape index (κ1) is 21.4. The van der Waals surface area contributed by atoms with Crippen LogP contribution in [-0.4, -0.2) is 64.4 Å². The fraction of sp³-hybridized carbons (Fsp3) is 0.353. The van der Waals surface area contributed by atoms with E-state index in [-0.39, 0.29) is 23.7 Å². The van der Waals surface area contributed by atoms with Crippen molar-refractivity contribution in [3.63, 3.8) is 0 Å². The van der Waals surface area contributed by atoms with Gasteiger partial charge in [0.1, 0.15) is 12.3 Å². The van der Waals surface area contributed by atoms with E-state index >= 15 is 0 Å². The van der Waals surface area contributed by atoms with Gasteiger partial charge in [-0.3, -0.25) is 14.5 Å². The molecular formula is C17H17F4N5O4. The zero-order valence-electron chi connectivity index (χ0n) is 15.7. The van der Waals surface area contributed by atoms with Gasteiger partial charge >= 0.3 is 12.5 Å². The van der Waals surface area contributed by atoms with E-state index in [1.165, 1.54) is 42.0 Å². The van der Waals surface area contributed by atoms with Gasteiger partial charge in [-0.15, -0.1) is 0 Å². The quantitative estimate of drug-likeness (QED) is 0.674. The van der Waals surface area contributed by atoms with E-state index in [0.29, 0.717) is 0 Å². The summed E-state index contributed by atoms with van der Waals surface area (Å²) in [5.74, 6) is -1.38. The molecule has 1 aromatic heterocycles. The molecule has 0 saturated heterocycles. The molecule has 2 aromatic rings.